The highest BCUT2D eigenvalue weighted by molar-refractivity contribution is 6.01. The predicted octanol–water partition coefficient (Wildman–Crippen LogP) is 1.55. The number of nitrogens with zero attached hydrogens (tertiary/aromatic N) is 2. The number of anilines is 1. The predicted molar refractivity (Wildman–Crippen MR) is 77.9 cm³/mol. The quantitative estimate of drug-likeness (QED) is 0.486. The summed E-state index contributed by atoms with van der Waals surface area (Å²) in [6.45, 7) is 0.717. The van der Waals surface area contributed by atoms with Crippen molar-refractivity contribution < 1.29 is 14.8 Å². The molecule has 3 N–H and O–H groups in total. The van der Waals surface area contributed by atoms with Crippen LogP contribution < -0.4 is 5.73 Å². The van der Waals surface area contributed by atoms with E-state index < -0.39 is 4.92 Å². The van der Waals surface area contributed by atoms with Gasteiger partial charge in [-0.15, -0.1) is 0 Å². The topological polar surface area (TPSA) is 110 Å². The Balaban J connectivity index is 2.23. The van der Waals surface area contributed by atoms with Gasteiger partial charge in [0.05, 0.1) is 10.5 Å². The van der Waals surface area contributed by atoms with Crippen LogP contribution in [0, 0.1) is 10.1 Å². The minimum atomic E-state index is -0.584. The Kier molecular flexibility index (Phi) is 4.74. The molecule has 0 radical (unpaired) electrons. The number of para-hydroxylation sites is 1. The van der Waals surface area contributed by atoms with Crippen molar-refractivity contribution in [2.45, 2.75) is 31.7 Å². The van der Waals surface area contributed by atoms with Crippen molar-refractivity contribution in [3.63, 3.8) is 0 Å². The summed E-state index contributed by atoms with van der Waals surface area (Å²) in [5, 5.41) is 19.8. The molecule has 21 heavy (non-hydrogen) atoms. The SMILES string of the molecule is Nc1c(C(=O)N2CCCC2CCCO)cccc1[N+](=O)[O-]. The molecule has 0 saturated carbocycles. The van der Waals surface area contributed by atoms with Gasteiger partial charge >= 0.3 is 0 Å². The number of benzene rings is 1. The second-order valence-electron chi connectivity index (χ2n) is 5.16. The number of carbonyl (C=O) groups is 1. The molecule has 0 spiro atoms. The van der Waals surface area contributed by atoms with Gasteiger partial charge in [0, 0.05) is 25.3 Å². The molecule has 1 saturated heterocycles. The maximum absolute atomic E-state index is 12.6. The van der Waals surface area contributed by atoms with Crippen molar-refractivity contribution in [3.8, 4) is 0 Å². The largest absolute Gasteiger partial charge is 0.396 e. The van der Waals surface area contributed by atoms with E-state index in [1.54, 1.807) is 4.90 Å². The maximum atomic E-state index is 12.6. The average molecular weight is 293 g/mol. The zero-order valence-electron chi connectivity index (χ0n) is 11.7. The Morgan fingerprint density at radius 1 is 1.52 bits per heavy atom. The molecule has 1 unspecified atom stereocenters. The molecule has 7 heteroatoms. The lowest BCUT2D eigenvalue weighted by atomic mass is 10.1. The van der Waals surface area contributed by atoms with E-state index in [4.69, 9.17) is 10.8 Å². The second kappa shape index (κ2) is 6.53. The van der Waals surface area contributed by atoms with E-state index in [1.165, 1.54) is 18.2 Å². The molecule has 1 aliphatic heterocycles. The average Bonchev–Trinajstić information content (AvgIpc) is 2.92. The number of hydrogen-bond donors (Lipinski definition) is 2. The summed E-state index contributed by atoms with van der Waals surface area (Å²) in [6.07, 6.45) is 3.16. The molecule has 1 aromatic carbocycles. The number of nitro groups is 1. The molecule has 1 fully saturated rings. The first-order valence-electron chi connectivity index (χ1n) is 7.01. The lowest BCUT2D eigenvalue weighted by molar-refractivity contribution is -0.383. The van der Waals surface area contributed by atoms with E-state index in [0.717, 1.165) is 19.3 Å². The maximum Gasteiger partial charge on any atom is 0.292 e. The van der Waals surface area contributed by atoms with Crippen LogP contribution in [0.4, 0.5) is 11.4 Å². The molecule has 1 heterocycles. The van der Waals surface area contributed by atoms with E-state index in [9.17, 15) is 14.9 Å². The summed E-state index contributed by atoms with van der Waals surface area (Å²) in [5.41, 5.74) is 5.62. The summed E-state index contributed by atoms with van der Waals surface area (Å²) in [6, 6.07) is 4.36. The van der Waals surface area contributed by atoms with Gasteiger partial charge < -0.3 is 15.7 Å². The van der Waals surface area contributed by atoms with Crippen molar-refractivity contribution >= 4 is 17.3 Å². The molecule has 0 aliphatic carbocycles. The normalized spacial score (nSPS) is 18.0. The number of hydrogen-bond acceptors (Lipinski definition) is 5. The molecule has 1 aromatic rings. The lowest BCUT2D eigenvalue weighted by Crippen LogP contribution is -2.36. The van der Waals surface area contributed by atoms with Gasteiger partial charge in [0.15, 0.2) is 0 Å². The number of nitro benzene ring substituents is 1. The zero-order valence-corrected chi connectivity index (χ0v) is 11.7. The van der Waals surface area contributed by atoms with E-state index in [2.05, 4.69) is 0 Å². The third-order valence-electron chi connectivity index (χ3n) is 3.84. The molecule has 1 aliphatic rings. The minimum absolute atomic E-state index is 0.0725. The first-order chi connectivity index (χ1) is 10.1. The number of aliphatic hydroxyl groups excluding tert-OH is 1. The Hall–Kier alpha value is -2.15. The fourth-order valence-corrected chi connectivity index (χ4v) is 2.78. The van der Waals surface area contributed by atoms with E-state index in [1.807, 2.05) is 0 Å². The molecule has 114 valence electrons. The third kappa shape index (κ3) is 3.13. The molecule has 7 nitrogen and oxygen atoms in total. The van der Waals surface area contributed by atoms with Crippen molar-refractivity contribution in [2.75, 3.05) is 18.9 Å². The number of rotatable bonds is 5. The summed E-state index contributed by atoms with van der Waals surface area (Å²) in [4.78, 5) is 24.6. The monoisotopic (exact) mass is 293 g/mol. The summed E-state index contributed by atoms with van der Waals surface area (Å²) in [7, 11) is 0. The minimum Gasteiger partial charge on any atom is -0.396 e. The summed E-state index contributed by atoms with van der Waals surface area (Å²) < 4.78 is 0. The van der Waals surface area contributed by atoms with Gasteiger partial charge in [-0.3, -0.25) is 14.9 Å². The fourth-order valence-electron chi connectivity index (χ4n) is 2.78. The van der Waals surface area contributed by atoms with Gasteiger partial charge in [-0.05, 0) is 31.7 Å². The van der Waals surface area contributed by atoms with Crippen LogP contribution in [0.1, 0.15) is 36.0 Å². The number of amides is 1. The number of nitrogen functional groups attached to an aromatic ring is 1. The van der Waals surface area contributed by atoms with Crippen molar-refractivity contribution in [1.82, 2.24) is 4.90 Å². The van der Waals surface area contributed by atoms with Crippen LogP contribution >= 0.6 is 0 Å². The van der Waals surface area contributed by atoms with Gasteiger partial charge in [0.1, 0.15) is 5.69 Å². The highest BCUT2D eigenvalue weighted by Gasteiger charge is 2.31. The first-order valence-corrected chi connectivity index (χ1v) is 7.01. The van der Waals surface area contributed by atoms with E-state index >= 15 is 0 Å². The lowest BCUT2D eigenvalue weighted by Gasteiger charge is -2.25. The molecular weight excluding hydrogens is 274 g/mol. The van der Waals surface area contributed by atoms with Gasteiger partial charge in [0.2, 0.25) is 0 Å². The second-order valence-corrected chi connectivity index (χ2v) is 5.16. The summed E-state index contributed by atoms with van der Waals surface area (Å²) >= 11 is 0. The van der Waals surface area contributed by atoms with Gasteiger partial charge in [-0.2, -0.15) is 0 Å². The Bertz CT molecular complexity index is 547. The van der Waals surface area contributed by atoms with Crippen LogP contribution in [0.25, 0.3) is 0 Å². The van der Waals surface area contributed by atoms with Crippen molar-refractivity contribution in [3.05, 3.63) is 33.9 Å². The molecule has 1 atom stereocenters. The van der Waals surface area contributed by atoms with Gasteiger partial charge in [-0.1, -0.05) is 6.07 Å². The fraction of sp³-hybridized carbons (Fsp3) is 0.500. The van der Waals surface area contributed by atoms with Crippen LogP contribution in [-0.4, -0.2) is 40.0 Å². The third-order valence-corrected chi connectivity index (χ3v) is 3.84. The van der Waals surface area contributed by atoms with Crippen LogP contribution in [0.5, 0.6) is 0 Å². The van der Waals surface area contributed by atoms with E-state index in [0.29, 0.717) is 13.0 Å². The number of nitrogens with two attached hydrogens (primary N) is 1. The standard InChI is InChI=1S/C14H19N3O4/c15-13-11(6-1-7-12(13)17(20)21)14(19)16-8-2-4-10(16)5-3-9-18/h1,6-7,10,18H,2-5,8-9,15H2. The van der Waals surface area contributed by atoms with Crippen molar-refractivity contribution in [1.29, 1.82) is 0 Å². The Morgan fingerprint density at radius 2 is 2.29 bits per heavy atom. The highest BCUT2D eigenvalue weighted by Crippen LogP contribution is 2.29. The van der Waals surface area contributed by atoms with Crippen LogP contribution in [-0.2, 0) is 0 Å². The Morgan fingerprint density at radius 3 is 2.95 bits per heavy atom. The zero-order chi connectivity index (χ0) is 15.4. The first kappa shape index (κ1) is 15.2. The Labute approximate surface area is 122 Å². The van der Waals surface area contributed by atoms with Crippen LogP contribution in [0.2, 0.25) is 0 Å². The van der Waals surface area contributed by atoms with E-state index in [-0.39, 0.29) is 35.5 Å². The van der Waals surface area contributed by atoms with Gasteiger partial charge in [-0.25, -0.2) is 0 Å². The van der Waals surface area contributed by atoms with Crippen LogP contribution in [0.15, 0.2) is 18.2 Å². The van der Waals surface area contributed by atoms with Crippen molar-refractivity contribution in [2.24, 2.45) is 0 Å². The number of carbonyl (C=O) groups excluding carboxylic acids is 1. The van der Waals surface area contributed by atoms with Gasteiger partial charge in [0.25, 0.3) is 11.6 Å². The number of aliphatic hydroxyl groups is 1. The molecule has 1 amide bonds. The number of likely N-dealkylation sites (tertiary alicyclic amines) is 1. The highest BCUT2D eigenvalue weighted by atomic mass is 16.6. The smallest absolute Gasteiger partial charge is 0.292 e. The molecule has 0 aromatic heterocycles. The summed E-state index contributed by atoms with van der Waals surface area (Å²) in [5.74, 6) is -0.267. The van der Waals surface area contributed by atoms with Crippen LogP contribution in [0.3, 0.4) is 0 Å². The molecule has 2 rings (SSSR count). The molecule has 0 bridgehead atoms. The molecular formula is C14H19N3O4.